The second-order valence-corrected chi connectivity index (χ2v) is 4.88. The summed E-state index contributed by atoms with van der Waals surface area (Å²) < 4.78 is 13.3. The van der Waals surface area contributed by atoms with E-state index in [2.05, 4.69) is 11.8 Å². The number of nitrogens with zero attached hydrogens (tertiary/aromatic N) is 1. The topological polar surface area (TPSA) is 40.5 Å². The fraction of sp³-hybridized carbons (Fsp3) is 0.400. The Hall–Kier alpha value is -1.84. The van der Waals surface area contributed by atoms with Crippen molar-refractivity contribution in [1.29, 1.82) is 0 Å². The SMILES string of the molecule is CCC1CCN(c2ccc(F)cc2/C=C/C(=O)O)C1. The van der Waals surface area contributed by atoms with Gasteiger partial charge in [0.05, 0.1) is 0 Å². The summed E-state index contributed by atoms with van der Waals surface area (Å²) in [7, 11) is 0. The average Bonchev–Trinajstić information content (AvgIpc) is 2.85. The summed E-state index contributed by atoms with van der Waals surface area (Å²) in [5.41, 5.74) is 1.54. The molecule has 1 aromatic carbocycles. The normalized spacial score (nSPS) is 19.3. The van der Waals surface area contributed by atoms with E-state index in [1.807, 2.05) is 0 Å². The average molecular weight is 263 g/mol. The molecule has 19 heavy (non-hydrogen) atoms. The lowest BCUT2D eigenvalue weighted by molar-refractivity contribution is -0.131. The fourth-order valence-corrected chi connectivity index (χ4v) is 2.49. The zero-order valence-electron chi connectivity index (χ0n) is 11.0. The molecule has 1 saturated heterocycles. The minimum absolute atomic E-state index is 0.347. The van der Waals surface area contributed by atoms with Crippen molar-refractivity contribution in [1.82, 2.24) is 0 Å². The van der Waals surface area contributed by atoms with Crippen molar-refractivity contribution < 1.29 is 14.3 Å². The summed E-state index contributed by atoms with van der Waals surface area (Å²) in [5, 5.41) is 8.69. The van der Waals surface area contributed by atoms with Crippen LogP contribution in [0.15, 0.2) is 24.3 Å². The Balaban J connectivity index is 2.27. The molecule has 0 spiro atoms. The van der Waals surface area contributed by atoms with Crippen LogP contribution in [0.3, 0.4) is 0 Å². The number of hydrogen-bond acceptors (Lipinski definition) is 2. The maximum Gasteiger partial charge on any atom is 0.328 e. The quantitative estimate of drug-likeness (QED) is 0.848. The van der Waals surface area contributed by atoms with Crippen LogP contribution in [0, 0.1) is 11.7 Å². The first kappa shape index (κ1) is 13.6. The molecule has 0 saturated carbocycles. The molecule has 0 amide bonds. The fourth-order valence-electron chi connectivity index (χ4n) is 2.49. The van der Waals surface area contributed by atoms with Crippen molar-refractivity contribution in [2.45, 2.75) is 19.8 Å². The molecule has 1 unspecified atom stereocenters. The number of aliphatic carboxylic acids is 1. The molecule has 0 aliphatic carbocycles. The first-order valence-electron chi connectivity index (χ1n) is 6.55. The second kappa shape index (κ2) is 5.87. The van der Waals surface area contributed by atoms with Crippen LogP contribution in [0.2, 0.25) is 0 Å². The Morgan fingerprint density at radius 3 is 3.00 bits per heavy atom. The molecule has 2 rings (SSSR count). The first-order valence-corrected chi connectivity index (χ1v) is 6.55. The molecule has 3 nitrogen and oxygen atoms in total. The number of carboxylic acids is 1. The van der Waals surface area contributed by atoms with Crippen LogP contribution in [0.25, 0.3) is 6.08 Å². The van der Waals surface area contributed by atoms with Crippen LogP contribution in [0.5, 0.6) is 0 Å². The van der Waals surface area contributed by atoms with Gasteiger partial charge in [-0.1, -0.05) is 13.3 Å². The standard InChI is InChI=1S/C15H18FNO2/c1-2-11-7-8-17(10-11)14-5-4-13(16)9-12(14)3-6-15(18)19/h3-6,9,11H,2,7-8,10H2,1H3,(H,18,19)/b6-3+. The Morgan fingerprint density at radius 1 is 1.58 bits per heavy atom. The van der Waals surface area contributed by atoms with Crippen LogP contribution in [0.4, 0.5) is 10.1 Å². The first-order chi connectivity index (χ1) is 9.10. The van der Waals surface area contributed by atoms with E-state index in [0.717, 1.165) is 37.7 Å². The van der Waals surface area contributed by atoms with Gasteiger partial charge in [0, 0.05) is 30.4 Å². The molecule has 1 aromatic rings. The van der Waals surface area contributed by atoms with E-state index in [1.54, 1.807) is 6.07 Å². The maximum absolute atomic E-state index is 13.3. The predicted octanol–water partition coefficient (Wildman–Crippen LogP) is 3.16. The van der Waals surface area contributed by atoms with E-state index in [4.69, 9.17) is 5.11 Å². The van der Waals surface area contributed by atoms with Gasteiger partial charge < -0.3 is 10.0 Å². The van der Waals surface area contributed by atoms with Crippen molar-refractivity contribution >= 4 is 17.7 Å². The third kappa shape index (κ3) is 3.34. The third-order valence-corrected chi connectivity index (χ3v) is 3.60. The van der Waals surface area contributed by atoms with E-state index in [0.29, 0.717) is 11.5 Å². The van der Waals surface area contributed by atoms with Crippen LogP contribution in [-0.2, 0) is 4.79 Å². The van der Waals surface area contributed by atoms with Gasteiger partial charge in [0.2, 0.25) is 0 Å². The smallest absolute Gasteiger partial charge is 0.328 e. The van der Waals surface area contributed by atoms with Gasteiger partial charge in [-0.05, 0) is 36.6 Å². The highest BCUT2D eigenvalue weighted by Crippen LogP contribution is 2.29. The number of rotatable bonds is 4. The molecule has 1 fully saturated rings. The molecule has 4 heteroatoms. The van der Waals surface area contributed by atoms with E-state index in [-0.39, 0.29) is 5.82 Å². The zero-order chi connectivity index (χ0) is 13.8. The Morgan fingerprint density at radius 2 is 2.37 bits per heavy atom. The molecule has 1 heterocycles. The molecular formula is C15H18FNO2. The summed E-state index contributed by atoms with van der Waals surface area (Å²) >= 11 is 0. The monoisotopic (exact) mass is 263 g/mol. The highest BCUT2D eigenvalue weighted by Gasteiger charge is 2.22. The third-order valence-electron chi connectivity index (χ3n) is 3.60. The number of carboxylic acid groups (broad SMARTS) is 1. The van der Waals surface area contributed by atoms with Gasteiger partial charge in [-0.2, -0.15) is 0 Å². The van der Waals surface area contributed by atoms with Gasteiger partial charge >= 0.3 is 5.97 Å². The molecular weight excluding hydrogens is 245 g/mol. The summed E-state index contributed by atoms with van der Waals surface area (Å²) in [6, 6.07) is 4.54. The minimum Gasteiger partial charge on any atom is -0.478 e. The highest BCUT2D eigenvalue weighted by molar-refractivity contribution is 5.87. The molecule has 102 valence electrons. The van der Waals surface area contributed by atoms with Crippen LogP contribution < -0.4 is 4.90 Å². The lowest BCUT2D eigenvalue weighted by atomic mass is 10.1. The number of anilines is 1. The maximum atomic E-state index is 13.3. The van der Waals surface area contributed by atoms with Crippen molar-refractivity contribution in [3.8, 4) is 0 Å². The Kier molecular flexibility index (Phi) is 4.20. The predicted molar refractivity (Wildman–Crippen MR) is 73.7 cm³/mol. The number of hydrogen-bond donors (Lipinski definition) is 1. The number of halogens is 1. The molecule has 0 aromatic heterocycles. The zero-order valence-corrected chi connectivity index (χ0v) is 11.0. The lowest BCUT2D eigenvalue weighted by Crippen LogP contribution is -2.20. The molecule has 1 aliphatic heterocycles. The summed E-state index contributed by atoms with van der Waals surface area (Å²) in [5.74, 6) is -0.704. The highest BCUT2D eigenvalue weighted by atomic mass is 19.1. The number of carbonyl (C=O) groups is 1. The van der Waals surface area contributed by atoms with E-state index in [1.165, 1.54) is 18.2 Å². The Bertz CT molecular complexity index is 499. The molecule has 1 N–H and O–H groups in total. The van der Waals surface area contributed by atoms with Gasteiger partial charge in [-0.25, -0.2) is 9.18 Å². The minimum atomic E-state index is -1.02. The van der Waals surface area contributed by atoms with Gasteiger partial charge in [-0.15, -0.1) is 0 Å². The number of benzene rings is 1. The molecule has 0 radical (unpaired) electrons. The van der Waals surface area contributed by atoms with E-state index < -0.39 is 5.97 Å². The van der Waals surface area contributed by atoms with Gasteiger partial charge in [0.15, 0.2) is 0 Å². The van der Waals surface area contributed by atoms with Crippen molar-refractivity contribution in [3.05, 3.63) is 35.7 Å². The van der Waals surface area contributed by atoms with Crippen LogP contribution in [0.1, 0.15) is 25.3 Å². The van der Waals surface area contributed by atoms with E-state index >= 15 is 0 Å². The van der Waals surface area contributed by atoms with Crippen molar-refractivity contribution in [2.24, 2.45) is 5.92 Å². The molecule has 1 atom stereocenters. The Labute approximate surface area is 112 Å². The van der Waals surface area contributed by atoms with Crippen molar-refractivity contribution in [2.75, 3.05) is 18.0 Å². The van der Waals surface area contributed by atoms with Gasteiger partial charge in [-0.3, -0.25) is 0 Å². The summed E-state index contributed by atoms with van der Waals surface area (Å²) in [6.07, 6.45) is 4.78. The summed E-state index contributed by atoms with van der Waals surface area (Å²) in [4.78, 5) is 12.8. The summed E-state index contributed by atoms with van der Waals surface area (Å²) in [6.45, 7) is 4.07. The van der Waals surface area contributed by atoms with Crippen molar-refractivity contribution in [3.63, 3.8) is 0 Å². The van der Waals surface area contributed by atoms with Gasteiger partial charge in [0.25, 0.3) is 0 Å². The largest absolute Gasteiger partial charge is 0.478 e. The lowest BCUT2D eigenvalue weighted by Gasteiger charge is -2.21. The van der Waals surface area contributed by atoms with Crippen LogP contribution >= 0.6 is 0 Å². The van der Waals surface area contributed by atoms with Gasteiger partial charge in [0.1, 0.15) is 5.82 Å². The molecule has 0 bridgehead atoms. The van der Waals surface area contributed by atoms with Crippen LogP contribution in [-0.4, -0.2) is 24.2 Å². The second-order valence-electron chi connectivity index (χ2n) is 4.88. The molecule has 1 aliphatic rings. The van der Waals surface area contributed by atoms with E-state index in [9.17, 15) is 9.18 Å².